The average Bonchev–Trinajstić information content (AvgIpc) is 3.31. The summed E-state index contributed by atoms with van der Waals surface area (Å²) in [6, 6.07) is 21.6. The lowest BCUT2D eigenvalue weighted by molar-refractivity contribution is -0.119. The maximum atomic E-state index is 12.4. The van der Waals surface area contributed by atoms with E-state index in [0.717, 1.165) is 27.5 Å². The highest BCUT2D eigenvalue weighted by Gasteiger charge is 2.12. The quantitative estimate of drug-likeness (QED) is 0.431. The van der Waals surface area contributed by atoms with E-state index in [1.54, 1.807) is 25.5 Å². The van der Waals surface area contributed by atoms with Gasteiger partial charge in [-0.2, -0.15) is 0 Å². The van der Waals surface area contributed by atoms with Crippen molar-refractivity contribution in [2.75, 3.05) is 14.2 Å². The van der Waals surface area contributed by atoms with Crippen molar-refractivity contribution < 1.29 is 9.53 Å². The second-order valence-corrected chi connectivity index (χ2v) is 7.59. The van der Waals surface area contributed by atoms with E-state index in [0.29, 0.717) is 25.2 Å². The molecule has 2 aromatic carbocycles. The summed E-state index contributed by atoms with van der Waals surface area (Å²) in [5.74, 6) is 1.35. The normalized spacial score (nSPS) is 11.9. The number of thiophene rings is 1. The van der Waals surface area contributed by atoms with Gasteiger partial charge >= 0.3 is 0 Å². The molecule has 0 spiro atoms. The molecule has 0 fully saturated rings. The summed E-state index contributed by atoms with van der Waals surface area (Å²) in [5.41, 5.74) is 2.96. The number of rotatable bonds is 8. The van der Waals surface area contributed by atoms with E-state index in [4.69, 9.17) is 9.73 Å². The van der Waals surface area contributed by atoms with Crippen LogP contribution in [0.1, 0.15) is 22.4 Å². The molecule has 0 aliphatic carbocycles. The molecular weight excluding hydrogens is 394 g/mol. The van der Waals surface area contributed by atoms with Crippen molar-refractivity contribution in [1.29, 1.82) is 0 Å². The van der Waals surface area contributed by atoms with Gasteiger partial charge in [0.15, 0.2) is 0 Å². The molecule has 0 atom stereocenters. The first kappa shape index (κ1) is 21.5. The van der Waals surface area contributed by atoms with Crippen molar-refractivity contribution >= 4 is 28.8 Å². The van der Waals surface area contributed by atoms with E-state index in [1.165, 1.54) is 0 Å². The summed E-state index contributed by atoms with van der Waals surface area (Å²) < 4.78 is 5.21. The van der Waals surface area contributed by atoms with Crippen LogP contribution in [0.2, 0.25) is 0 Å². The Bertz CT molecular complexity index is 995. The third-order valence-corrected chi connectivity index (χ3v) is 5.43. The predicted octanol–water partition coefficient (Wildman–Crippen LogP) is 4.52. The Kier molecular flexibility index (Phi) is 7.92. The fraction of sp³-hybridized carbons (Fsp3) is 0.208. The summed E-state index contributed by atoms with van der Waals surface area (Å²) in [4.78, 5) is 22.6. The molecule has 0 radical (unpaired) electrons. The van der Waals surface area contributed by atoms with Crippen molar-refractivity contribution in [3.05, 3.63) is 88.1 Å². The molecule has 1 N–H and O–H groups in total. The minimum atomic E-state index is -0.0810. The first-order valence-electron chi connectivity index (χ1n) is 9.67. The number of hydrogen-bond donors (Lipinski definition) is 1. The van der Waals surface area contributed by atoms with E-state index in [2.05, 4.69) is 10.3 Å². The molecule has 154 valence electrons. The van der Waals surface area contributed by atoms with Crippen LogP contribution in [-0.4, -0.2) is 31.6 Å². The topological polar surface area (TPSA) is 63.1 Å². The van der Waals surface area contributed by atoms with Gasteiger partial charge in [-0.1, -0.05) is 48.5 Å². The Morgan fingerprint density at radius 1 is 1.00 bits per heavy atom. The summed E-state index contributed by atoms with van der Waals surface area (Å²) in [6.45, 7) is 0.548. The van der Waals surface area contributed by atoms with Crippen LogP contribution in [0, 0.1) is 0 Å². The summed E-state index contributed by atoms with van der Waals surface area (Å²) in [6.07, 6.45) is 0.783. The first-order valence-corrected chi connectivity index (χ1v) is 10.6. The summed E-state index contributed by atoms with van der Waals surface area (Å²) in [7, 11) is 3.34. The van der Waals surface area contributed by atoms with Gasteiger partial charge in [-0.15, -0.1) is 11.3 Å². The third-order valence-electron chi connectivity index (χ3n) is 4.51. The Labute approximate surface area is 181 Å². The Hall–Kier alpha value is -3.25. The van der Waals surface area contributed by atoms with Crippen molar-refractivity contribution in [2.24, 2.45) is 9.98 Å². The highest BCUT2D eigenvalue weighted by atomic mass is 32.1. The SMILES string of the molecule is CN=C(CC(=NCc1ccc(OC)cc1)c1cccs1)NC(=O)Cc1ccccc1. The summed E-state index contributed by atoms with van der Waals surface area (Å²) >= 11 is 1.63. The number of benzene rings is 2. The lowest BCUT2D eigenvalue weighted by Crippen LogP contribution is -2.33. The molecule has 3 rings (SSSR count). The van der Waals surface area contributed by atoms with Gasteiger partial charge < -0.3 is 10.1 Å². The highest BCUT2D eigenvalue weighted by molar-refractivity contribution is 7.12. The monoisotopic (exact) mass is 419 g/mol. The number of amides is 1. The Balaban J connectivity index is 1.69. The first-order chi connectivity index (χ1) is 14.7. The molecule has 0 saturated carbocycles. The van der Waals surface area contributed by atoms with Crippen molar-refractivity contribution in [1.82, 2.24) is 5.32 Å². The number of carbonyl (C=O) groups is 1. The fourth-order valence-corrected chi connectivity index (χ4v) is 3.64. The van der Waals surface area contributed by atoms with Gasteiger partial charge in [0.2, 0.25) is 5.91 Å². The standard InChI is InChI=1S/C24H25N3O2S/c1-25-23(27-24(28)15-18-7-4-3-5-8-18)16-21(22-9-6-14-30-22)26-17-19-10-12-20(29-2)13-11-19/h3-14H,15-17H2,1-2H3,(H,25,27,28). The summed E-state index contributed by atoms with van der Waals surface area (Å²) in [5, 5.41) is 4.96. The number of carbonyl (C=O) groups excluding carboxylic acids is 1. The molecule has 0 saturated heterocycles. The minimum Gasteiger partial charge on any atom is -0.497 e. The number of ether oxygens (including phenoxy) is 1. The molecular formula is C24H25N3O2S. The number of aliphatic imine (C=N–C) groups is 2. The van der Waals surface area contributed by atoms with Crippen LogP contribution in [0.5, 0.6) is 5.75 Å². The number of hydrogen-bond acceptors (Lipinski definition) is 5. The van der Waals surface area contributed by atoms with Crippen molar-refractivity contribution in [3.8, 4) is 5.75 Å². The largest absolute Gasteiger partial charge is 0.497 e. The van der Waals surface area contributed by atoms with Gasteiger partial charge in [0.1, 0.15) is 11.6 Å². The van der Waals surface area contributed by atoms with Crippen LogP contribution < -0.4 is 10.1 Å². The van der Waals surface area contributed by atoms with Crippen LogP contribution >= 0.6 is 11.3 Å². The molecule has 30 heavy (non-hydrogen) atoms. The third kappa shape index (κ3) is 6.39. The predicted molar refractivity (Wildman–Crippen MR) is 124 cm³/mol. The van der Waals surface area contributed by atoms with Crippen molar-refractivity contribution in [2.45, 2.75) is 19.4 Å². The van der Waals surface area contributed by atoms with Crippen LogP contribution in [-0.2, 0) is 17.8 Å². The van der Waals surface area contributed by atoms with Crippen LogP contribution in [0.4, 0.5) is 0 Å². The van der Waals surface area contributed by atoms with Gasteiger partial charge in [0, 0.05) is 18.3 Å². The minimum absolute atomic E-state index is 0.0810. The highest BCUT2D eigenvalue weighted by Crippen LogP contribution is 2.16. The molecule has 5 nitrogen and oxygen atoms in total. The molecule has 1 heterocycles. The zero-order valence-electron chi connectivity index (χ0n) is 17.2. The van der Waals surface area contributed by atoms with Gasteiger partial charge in [-0.25, -0.2) is 0 Å². The molecule has 0 bridgehead atoms. The molecule has 1 amide bonds. The molecule has 0 aliphatic rings. The lowest BCUT2D eigenvalue weighted by Gasteiger charge is -2.11. The maximum absolute atomic E-state index is 12.4. The number of nitrogens with one attached hydrogen (secondary N) is 1. The molecule has 6 heteroatoms. The van der Waals surface area contributed by atoms with E-state index in [-0.39, 0.29) is 5.91 Å². The van der Waals surface area contributed by atoms with Gasteiger partial charge in [-0.3, -0.25) is 14.8 Å². The smallest absolute Gasteiger partial charge is 0.229 e. The van der Waals surface area contributed by atoms with Crippen LogP contribution in [0.25, 0.3) is 0 Å². The lowest BCUT2D eigenvalue weighted by atomic mass is 10.1. The zero-order chi connectivity index (χ0) is 21.2. The number of amidine groups is 1. The number of nitrogens with zero attached hydrogens (tertiary/aromatic N) is 2. The molecule has 1 aromatic heterocycles. The van der Waals surface area contributed by atoms with E-state index >= 15 is 0 Å². The maximum Gasteiger partial charge on any atom is 0.229 e. The second-order valence-electron chi connectivity index (χ2n) is 6.65. The van der Waals surface area contributed by atoms with Gasteiger partial charge in [-0.05, 0) is 34.7 Å². The Morgan fingerprint density at radius 3 is 2.40 bits per heavy atom. The van der Waals surface area contributed by atoms with Gasteiger partial charge in [0.25, 0.3) is 0 Å². The Morgan fingerprint density at radius 2 is 1.77 bits per heavy atom. The zero-order valence-corrected chi connectivity index (χ0v) is 18.0. The van der Waals surface area contributed by atoms with E-state index in [9.17, 15) is 4.79 Å². The van der Waals surface area contributed by atoms with E-state index in [1.807, 2.05) is 72.1 Å². The van der Waals surface area contributed by atoms with E-state index < -0.39 is 0 Å². The van der Waals surface area contributed by atoms with Gasteiger partial charge in [0.05, 0.1) is 25.8 Å². The fourth-order valence-electron chi connectivity index (χ4n) is 2.91. The average molecular weight is 420 g/mol. The molecule has 0 aliphatic heterocycles. The number of methoxy groups -OCH3 is 1. The van der Waals surface area contributed by atoms with Crippen LogP contribution in [0.3, 0.4) is 0 Å². The molecule has 0 unspecified atom stereocenters. The van der Waals surface area contributed by atoms with Crippen LogP contribution in [0.15, 0.2) is 82.1 Å². The second kappa shape index (κ2) is 11.1. The van der Waals surface area contributed by atoms with Crippen molar-refractivity contribution in [3.63, 3.8) is 0 Å². The molecule has 3 aromatic rings.